The summed E-state index contributed by atoms with van der Waals surface area (Å²) in [6, 6.07) is 9.94. The SMILES string of the molecule is CCCCCc1cc(C2=CC(CCC)=C(c3cc(CCCCC)c(CCCCC)c(CCCCC)c3)[N+]2=[N-])cc(CCCCC)c1CCCCC.CCC[CH2][Ni][CH2]CCC. The van der Waals surface area contributed by atoms with E-state index in [2.05, 4.69) is 92.7 Å². The second-order valence-electron chi connectivity index (χ2n) is 17.9. The van der Waals surface area contributed by atoms with E-state index in [1.54, 1.807) is 27.0 Å². The first-order chi connectivity index (χ1) is 29.4. The van der Waals surface area contributed by atoms with Gasteiger partial charge in [0.05, 0.1) is 0 Å². The molecule has 1 heterocycles. The summed E-state index contributed by atoms with van der Waals surface area (Å²) in [4.78, 5) is 0. The van der Waals surface area contributed by atoms with Crippen molar-refractivity contribution in [2.75, 3.05) is 0 Å². The second-order valence-corrected chi connectivity index (χ2v) is 19.4. The van der Waals surface area contributed by atoms with Crippen molar-refractivity contribution >= 4 is 11.4 Å². The Morgan fingerprint density at radius 2 is 0.717 bits per heavy atom. The van der Waals surface area contributed by atoms with E-state index in [1.807, 2.05) is 14.4 Å². The fourth-order valence-corrected chi connectivity index (χ4v) is 10.2. The van der Waals surface area contributed by atoms with Gasteiger partial charge in [-0.05, 0) is 141 Å². The molecule has 0 N–H and O–H groups in total. The first kappa shape index (κ1) is 54.1. The monoisotopic (exact) mass is 867 g/mol. The molecule has 0 atom stereocenters. The summed E-state index contributed by atoms with van der Waals surface area (Å²) in [7, 11) is 0. The van der Waals surface area contributed by atoms with Gasteiger partial charge in [-0.15, -0.1) is 0 Å². The van der Waals surface area contributed by atoms with Crippen LogP contribution in [0.5, 0.6) is 0 Å². The zero-order valence-electron chi connectivity index (χ0n) is 41.2. The van der Waals surface area contributed by atoms with E-state index in [0.29, 0.717) is 0 Å². The summed E-state index contributed by atoms with van der Waals surface area (Å²) in [5.74, 6) is 0. The van der Waals surface area contributed by atoms with E-state index >= 15 is 0 Å². The third-order valence-electron chi connectivity index (χ3n) is 12.4. The van der Waals surface area contributed by atoms with E-state index in [1.165, 1.54) is 193 Å². The van der Waals surface area contributed by atoms with Crippen molar-refractivity contribution in [1.82, 2.24) is 0 Å². The number of hydrogen-bond donors (Lipinski definition) is 0. The minimum absolute atomic E-state index is 0.978. The van der Waals surface area contributed by atoms with Crippen molar-refractivity contribution in [3.8, 4) is 0 Å². The van der Waals surface area contributed by atoms with Crippen molar-refractivity contribution in [2.24, 2.45) is 0 Å². The molecule has 1 aliphatic heterocycles. The van der Waals surface area contributed by atoms with Crippen molar-refractivity contribution in [2.45, 2.75) is 266 Å². The minimum atomic E-state index is 0.978. The van der Waals surface area contributed by atoms with Crippen LogP contribution in [0.25, 0.3) is 16.9 Å². The summed E-state index contributed by atoms with van der Waals surface area (Å²) in [6.07, 6.45) is 39.6. The third kappa shape index (κ3) is 19.6. The van der Waals surface area contributed by atoms with Crippen LogP contribution in [0, 0.1) is 0 Å². The van der Waals surface area contributed by atoms with Crippen molar-refractivity contribution in [3.63, 3.8) is 0 Å². The zero-order chi connectivity index (χ0) is 43.8. The molecule has 0 unspecified atom stereocenters. The fourth-order valence-electron chi connectivity index (χ4n) is 8.76. The van der Waals surface area contributed by atoms with Crippen LogP contribution in [0.2, 0.25) is 10.8 Å². The molecule has 3 heteroatoms. The van der Waals surface area contributed by atoms with Gasteiger partial charge in [0.2, 0.25) is 11.4 Å². The molecule has 2 nitrogen and oxygen atoms in total. The molecule has 0 saturated carbocycles. The Labute approximate surface area is 380 Å². The topological polar surface area (TPSA) is 25.3 Å². The zero-order valence-corrected chi connectivity index (χ0v) is 42.2. The Bertz CT molecular complexity index is 1440. The van der Waals surface area contributed by atoms with E-state index in [4.69, 9.17) is 0 Å². The number of benzene rings is 2. The summed E-state index contributed by atoms with van der Waals surface area (Å²) < 4.78 is 1.61. The first-order valence-corrected chi connectivity index (χ1v) is 27.5. The van der Waals surface area contributed by atoms with Crippen molar-refractivity contribution in [1.29, 1.82) is 0 Å². The van der Waals surface area contributed by atoms with Gasteiger partial charge in [-0.1, -0.05) is 132 Å². The Kier molecular flexibility index (Phi) is 31.1. The quantitative estimate of drug-likeness (QED) is 0.0380. The van der Waals surface area contributed by atoms with Gasteiger partial charge < -0.3 is 5.53 Å². The van der Waals surface area contributed by atoms with E-state index in [-0.39, 0.29) is 0 Å². The van der Waals surface area contributed by atoms with Crippen LogP contribution in [-0.2, 0) is 53.0 Å². The third-order valence-corrected chi connectivity index (χ3v) is 13.8. The van der Waals surface area contributed by atoms with Gasteiger partial charge in [0.15, 0.2) is 0 Å². The molecule has 0 spiro atoms. The van der Waals surface area contributed by atoms with Crippen LogP contribution in [0.15, 0.2) is 35.9 Å². The van der Waals surface area contributed by atoms with E-state index in [9.17, 15) is 5.53 Å². The molecule has 344 valence electrons. The maximum atomic E-state index is 12.4. The van der Waals surface area contributed by atoms with Gasteiger partial charge in [-0.25, -0.2) is 4.70 Å². The molecule has 0 bridgehead atoms. The van der Waals surface area contributed by atoms with Crippen molar-refractivity contribution in [3.05, 3.63) is 86.0 Å². The average Bonchev–Trinajstić information content (AvgIpc) is 3.57. The molecule has 0 fully saturated rings. The molecule has 0 aromatic heterocycles. The maximum absolute atomic E-state index is 12.4. The molecule has 0 saturated heterocycles. The Morgan fingerprint density at radius 1 is 0.383 bits per heavy atom. The molecule has 3 rings (SSSR count). The summed E-state index contributed by atoms with van der Waals surface area (Å²) in [5, 5.41) is 2.78. The number of nitrogens with zero attached hydrogens (tertiary/aromatic N) is 2. The molecular formula is C57H96N2Ni. The van der Waals surface area contributed by atoms with Crippen LogP contribution in [-0.4, -0.2) is 4.70 Å². The summed E-state index contributed by atoms with van der Waals surface area (Å²) in [6.45, 7) is 20.7. The number of rotatable bonds is 34. The molecule has 0 aliphatic carbocycles. The van der Waals surface area contributed by atoms with Crippen LogP contribution in [0.3, 0.4) is 0 Å². The second kappa shape index (κ2) is 34.5. The number of aryl methyl sites for hydroxylation is 4. The van der Waals surface area contributed by atoms with E-state index in [0.717, 1.165) is 49.9 Å². The summed E-state index contributed by atoms with van der Waals surface area (Å²) in [5.41, 5.74) is 27.5. The van der Waals surface area contributed by atoms with Gasteiger partial charge in [-0.2, -0.15) is 0 Å². The molecular weight excluding hydrogens is 771 g/mol. The van der Waals surface area contributed by atoms with Crippen LogP contribution in [0.1, 0.15) is 261 Å². The molecule has 0 radical (unpaired) electrons. The normalized spacial score (nSPS) is 12.8. The predicted molar refractivity (Wildman–Crippen MR) is 265 cm³/mol. The van der Waals surface area contributed by atoms with Crippen LogP contribution in [0.4, 0.5) is 0 Å². The fraction of sp³-hybridized carbons (Fsp3) is 0.719. The average molecular weight is 868 g/mol. The molecule has 0 amide bonds. The molecule has 60 heavy (non-hydrogen) atoms. The molecule has 2 aromatic rings. The Hall–Kier alpha value is -1.99. The van der Waals surface area contributed by atoms with E-state index < -0.39 is 0 Å². The van der Waals surface area contributed by atoms with Crippen LogP contribution < -0.4 is 0 Å². The molecule has 1 aliphatic rings. The number of allylic oxidation sites excluding steroid dienone is 2. The van der Waals surface area contributed by atoms with Crippen molar-refractivity contribution < 1.29 is 19.1 Å². The summed E-state index contributed by atoms with van der Waals surface area (Å²) >= 11 is 1.94. The van der Waals surface area contributed by atoms with Gasteiger partial charge in [0.25, 0.3) is 0 Å². The van der Waals surface area contributed by atoms with Gasteiger partial charge in [0, 0.05) is 22.8 Å². The predicted octanol–water partition coefficient (Wildman–Crippen LogP) is 19.2. The molecule has 2 aromatic carbocycles. The Balaban J connectivity index is 0.00000123. The van der Waals surface area contributed by atoms with Gasteiger partial charge in [0.1, 0.15) is 0 Å². The van der Waals surface area contributed by atoms with Gasteiger partial charge in [-0.3, -0.25) is 0 Å². The number of hydrogen-bond acceptors (Lipinski definition) is 0. The standard InChI is InChI=1S/C49H78N2.2C4H9.Ni/c1-8-15-21-28-39-34-44(35-40(29-22-16-9-2)46(39)32-25-19-12-5)48-38-43(27-14-7)49(51(48)50)45-36-41(30-23-17-10-3)47(33-26-20-13-6)42(37-45)31-24-18-11-4;2*1-3-4-2;/h34-38H,8-33H2,1-7H3;2*1,3-4H2,2H3;. The number of unbranched alkanes of at least 4 members (excludes halogenated alkanes) is 14. The van der Waals surface area contributed by atoms with Crippen LogP contribution >= 0.6 is 0 Å². The van der Waals surface area contributed by atoms with Gasteiger partial charge >= 0.3 is 64.8 Å². The first-order valence-electron chi connectivity index (χ1n) is 26.1. The Morgan fingerprint density at radius 3 is 1.05 bits per heavy atom.